The van der Waals surface area contributed by atoms with Gasteiger partial charge in [0.05, 0.1) is 19.3 Å². The molecule has 3 unspecified atom stereocenters. The highest BCUT2D eigenvalue weighted by Gasteiger charge is 2.37. The van der Waals surface area contributed by atoms with Crippen LogP contribution in [0.5, 0.6) is 5.75 Å². The van der Waals surface area contributed by atoms with E-state index >= 15 is 0 Å². The summed E-state index contributed by atoms with van der Waals surface area (Å²) in [4.78, 5) is 25.1. The van der Waals surface area contributed by atoms with Crippen LogP contribution in [-0.2, 0) is 25.0 Å². The maximum Gasteiger partial charge on any atom is 0.530 e. The Morgan fingerprint density at radius 2 is 2.15 bits per heavy atom. The average molecular weight is 398 g/mol. The molecule has 1 aromatic heterocycles. The van der Waals surface area contributed by atoms with Crippen molar-refractivity contribution in [3.05, 3.63) is 62.7 Å². The van der Waals surface area contributed by atoms with Crippen LogP contribution in [0.4, 0.5) is 4.39 Å². The van der Waals surface area contributed by atoms with Crippen molar-refractivity contribution in [2.45, 2.75) is 31.8 Å². The number of fused-ring (bicyclic) bond motifs is 1. The molecule has 2 aliphatic rings. The number of ether oxygens (including phenoxy) is 1. The number of nitrogens with one attached hydrogen (secondary N) is 1. The molecule has 0 amide bonds. The van der Waals surface area contributed by atoms with E-state index in [0.717, 1.165) is 0 Å². The molecule has 2 aromatic rings. The summed E-state index contributed by atoms with van der Waals surface area (Å²) in [6, 6.07) is 5.04. The Hall–Kier alpha value is -2.26. The molecule has 1 fully saturated rings. The molecule has 0 aliphatic carbocycles. The maximum absolute atomic E-state index is 13.2. The van der Waals surface area contributed by atoms with E-state index in [0.29, 0.717) is 18.4 Å². The van der Waals surface area contributed by atoms with Crippen LogP contribution in [-0.4, -0.2) is 22.3 Å². The molecule has 0 spiro atoms. The van der Waals surface area contributed by atoms with Crippen LogP contribution in [0.25, 0.3) is 0 Å². The van der Waals surface area contributed by atoms with E-state index in [9.17, 15) is 18.5 Å². The molecule has 144 valence electrons. The lowest BCUT2D eigenvalue weighted by atomic mass is 10.2. The molecule has 1 aromatic carbocycles. The highest BCUT2D eigenvalue weighted by atomic mass is 31.2. The number of H-pyrrole nitrogens is 1. The van der Waals surface area contributed by atoms with E-state index in [4.69, 9.17) is 18.3 Å². The standard InChI is InChI=1S/C16H16FN2O7P/c17-11-1-3-13-10(7-11)8-23-27(22,26-13)24-9-12-2-4-15(25-12)19-6-5-14(20)18-16(19)21/h1,3,5-7,12,15H,2,4,8-9H2,(H,18,20,21). The smallest absolute Gasteiger partial charge is 0.404 e. The van der Waals surface area contributed by atoms with Gasteiger partial charge in [-0.2, -0.15) is 0 Å². The third-order valence-electron chi connectivity index (χ3n) is 4.28. The normalized spacial score (nSPS) is 27.1. The van der Waals surface area contributed by atoms with Crippen molar-refractivity contribution < 1.29 is 27.3 Å². The predicted octanol–water partition coefficient (Wildman–Crippen LogP) is 2.09. The zero-order chi connectivity index (χ0) is 19.0. The third kappa shape index (κ3) is 3.89. The van der Waals surface area contributed by atoms with E-state index in [1.807, 2.05) is 0 Å². The van der Waals surface area contributed by atoms with Crippen LogP contribution >= 0.6 is 7.82 Å². The quantitative estimate of drug-likeness (QED) is 0.786. The molecule has 3 heterocycles. The first kappa shape index (κ1) is 18.1. The fourth-order valence-corrected chi connectivity index (χ4v) is 4.20. The zero-order valence-electron chi connectivity index (χ0n) is 14.0. The monoisotopic (exact) mass is 398 g/mol. The summed E-state index contributed by atoms with van der Waals surface area (Å²) in [7, 11) is -3.84. The van der Waals surface area contributed by atoms with E-state index < -0.39 is 37.2 Å². The molecule has 11 heteroatoms. The molecule has 1 saturated heterocycles. The van der Waals surface area contributed by atoms with Gasteiger partial charge in [0.2, 0.25) is 0 Å². The van der Waals surface area contributed by atoms with Crippen molar-refractivity contribution in [3.8, 4) is 5.75 Å². The van der Waals surface area contributed by atoms with Gasteiger partial charge in [-0.25, -0.2) is 13.8 Å². The van der Waals surface area contributed by atoms with E-state index in [2.05, 4.69) is 4.98 Å². The van der Waals surface area contributed by atoms with Gasteiger partial charge >= 0.3 is 13.5 Å². The fraction of sp³-hybridized carbons (Fsp3) is 0.375. The van der Waals surface area contributed by atoms with Crippen LogP contribution in [0.15, 0.2) is 40.1 Å². The molecular weight excluding hydrogens is 382 g/mol. The van der Waals surface area contributed by atoms with E-state index in [-0.39, 0.29) is 19.0 Å². The minimum absolute atomic E-state index is 0.0671. The Kier molecular flexibility index (Phi) is 4.73. The van der Waals surface area contributed by atoms with Crippen LogP contribution in [0.2, 0.25) is 0 Å². The number of phosphoric ester groups is 1. The van der Waals surface area contributed by atoms with Gasteiger partial charge in [0.15, 0.2) is 0 Å². The Morgan fingerprint density at radius 3 is 2.96 bits per heavy atom. The highest BCUT2D eigenvalue weighted by Crippen LogP contribution is 2.54. The van der Waals surface area contributed by atoms with Crippen LogP contribution in [0, 0.1) is 5.82 Å². The van der Waals surface area contributed by atoms with Gasteiger partial charge in [-0.3, -0.25) is 23.4 Å². The minimum Gasteiger partial charge on any atom is -0.404 e. The average Bonchev–Trinajstić information content (AvgIpc) is 3.09. The van der Waals surface area contributed by atoms with Gasteiger partial charge in [0, 0.05) is 17.8 Å². The highest BCUT2D eigenvalue weighted by molar-refractivity contribution is 7.49. The van der Waals surface area contributed by atoms with Gasteiger partial charge in [0.25, 0.3) is 5.56 Å². The summed E-state index contributed by atoms with van der Waals surface area (Å²) in [5.74, 6) is -0.197. The lowest BCUT2D eigenvalue weighted by Gasteiger charge is -2.25. The second kappa shape index (κ2) is 7.05. The Balaban J connectivity index is 1.37. The number of aromatic nitrogens is 2. The summed E-state index contributed by atoms with van der Waals surface area (Å²) >= 11 is 0. The third-order valence-corrected chi connectivity index (χ3v) is 5.61. The maximum atomic E-state index is 13.2. The number of rotatable bonds is 4. The van der Waals surface area contributed by atoms with Gasteiger partial charge in [-0.1, -0.05) is 0 Å². The van der Waals surface area contributed by atoms with Crippen LogP contribution in [0.3, 0.4) is 0 Å². The SMILES string of the molecule is O=c1ccn(C2CCC(COP3(=O)OCc4cc(F)ccc4O3)O2)c(=O)[nH]1. The second-order valence-electron chi connectivity index (χ2n) is 6.17. The summed E-state index contributed by atoms with van der Waals surface area (Å²) in [6.45, 7) is -0.159. The van der Waals surface area contributed by atoms with Gasteiger partial charge in [-0.15, -0.1) is 0 Å². The molecule has 0 bridgehead atoms. The van der Waals surface area contributed by atoms with Crippen molar-refractivity contribution in [2.24, 2.45) is 0 Å². The Bertz CT molecular complexity index is 1020. The van der Waals surface area contributed by atoms with Crippen LogP contribution in [0.1, 0.15) is 24.6 Å². The Labute approximate surface area is 152 Å². The van der Waals surface area contributed by atoms with Gasteiger partial charge in [-0.05, 0) is 31.0 Å². The molecular formula is C16H16FN2O7P. The molecule has 1 N–H and O–H groups in total. The minimum atomic E-state index is -3.84. The number of halogens is 1. The van der Waals surface area contributed by atoms with Crippen molar-refractivity contribution in [3.63, 3.8) is 0 Å². The van der Waals surface area contributed by atoms with Crippen molar-refractivity contribution in [1.29, 1.82) is 0 Å². The number of hydrogen-bond donors (Lipinski definition) is 1. The Morgan fingerprint density at radius 1 is 1.30 bits per heavy atom. The first-order chi connectivity index (χ1) is 12.9. The van der Waals surface area contributed by atoms with Gasteiger partial charge < -0.3 is 9.26 Å². The molecule has 0 saturated carbocycles. The zero-order valence-corrected chi connectivity index (χ0v) is 14.9. The molecule has 2 aliphatic heterocycles. The number of aromatic amines is 1. The largest absolute Gasteiger partial charge is 0.530 e. The predicted molar refractivity (Wildman–Crippen MR) is 89.8 cm³/mol. The number of benzene rings is 1. The van der Waals surface area contributed by atoms with Crippen LogP contribution < -0.4 is 15.8 Å². The number of nitrogens with zero attached hydrogens (tertiary/aromatic N) is 1. The molecule has 3 atom stereocenters. The first-order valence-electron chi connectivity index (χ1n) is 8.26. The molecule has 9 nitrogen and oxygen atoms in total. The van der Waals surface area contributed by atoms with Crippen molar-refractivity contribution >= 4 is 7.82 Å². The lowest BCUT2D eigenvalue weighted by molar-refractivity contribution is -0.0264. The molecule has 0 radical (unpaired) electrons. The molecule has 4 rings (SSSR count). The number of hydrogen-bond acceptors (Lipinski definition) is 7. The van der Waals surface area contributed by atoms with E-state index in [1.165, 1.54) is 35.0 Å². The van der Waals surface area contributed by atoms with Gasteiger partial charge in [0.1, 0.15) is 17.8 Å². The summed E-state index contributed by atoms with van der Waals surface area (Å²) < 4.78 is 48.5. The summed E-state index contributed by atoms with van der Waals surface area (Å²) in [5.41, 5.74) is -0.608. The topological polar surface area (TPSA) is 109 Å². The summed E-state index contributed by atoms with van der Waals surface area (Å²) in [6.07, 6.45) is 1.45. The fourth-order valence-electron chi connectivity index (χ4n) is 2.95. The summed E-state index contributed by atoms with van der Waals surface area (Å²) in [5, 5.41) is 0. The molecule has 27 heavy (non-hydrogen) atoms. The first-order valence-corrected chi connectivity index (χ1v) is 9.72. The van der Waals surface area contributed by atoms with Crippen molar-refractivity contribution in [1.82, 2.24) is 9.55 Å². The number of phosphoric acid groups is 1. The van der Waals surface area contributed by atoms with Crippen molar-refractivity contribution in [2.75, 3.05) is 6.61 Å². The van der Waals surface area contributed by atoms with E-state index in [1.54, 1.807) is 0 Å². The lowest BCUT2D eigenvalue weighted by Crippen LogP contribution is -2.31. The second-order valence-corrected chi connectivity index (χ2v) is 7.76.